The third-order valence-corrected chi connectivity index (χ3v) is 4.65. The first-order valence-corrected chi connectivity index (χ1v) is 9.05. The Balaban J connectivity index is 2.10. The van der Waals surface area contributed by atoms with Crippen LogP contribution in [0.5, 0.6) is 0 Å². The minimum atomic E-state index is -0.0816. The number of thioether (sulfide) groups is 1. The van der Waals surface area contributed by atoms with Crippen LogP contribution < -0.4 is 5.56 Å². The average Bonchev–Trinajstić information content (AvgIpc) is 2.60. The summed E-state index contributed by atoms with van der Waals surface area (Å²) in [4.78, 5) is 17.6. The molecule has 0 aliphatic heterocycles. The average molecular weight is 361 g/mol. The maximum Gasteiger partial charge on any atom is 0.266 e. The summed E-state index contributed by atoms with van der Waals surface area (Å²) in [6.07, 6.45) is 0. The zero-order valence-electron chi connectivity index (χ0n) is 13.2. The highest BCUT2D eigenvalue weighted by atomic mass is 35.5. The standard InChI is InChI=1S/C18H17ClN2O2S/c1-2-23-11-12-24-18-20-16-6-4-3-5-15(16)17(22)21(18)14-9-7-13(19)8-10-14/h3-10H,2,11-12H2,1H3. The molecule has 0 unspecified atom stereocenters. The van der Waals surface area contributed by atoms with Crippen molar-refractivity contribution in [2.24, 2.45) is 0 Å². The SMILES string of the molecule is CCOCCSc1nc2ccccc2c(=O)n1-c1ccc(Cl)cc1. The van der Waals surface area contributed by atoms with Gasteiger partial charge in [-0.25, -0.2) is 4.98 Å². The molecule has 2 aromatic carbocycles. The number of hydrogen-bond acceptors (Lipinski definition) is 4. The molecule has 0 atom stereocenters. The summed E-state index contributed by atoms with van der Waals surface area (Å²) in [5.41, 5.74) is 1.37. The molecule has 24 heavy (non-hydrogen) atoms. The van der Waals surface area contributed by atoms with Crippen LogP contribution in [0, 0.1) is 0 Å². The van der Waals surface area contributed by atoms with E-state index in [0.717, 1.165) is 11.4 Å². The predicted molar refractivity (Wildman–Crippen MR) is 99.6 cm³/mol. The van der Waals surface area contributed by atoms with E-state index in [4.69, 9.17) is 16.3 Å². The van der Waals surface area contributed by atoms with Gasteiger partial charge in [-0.2, -0.15) is 0 Å². The molecule has 4 nitrogen and oxygen atoms in total. The van der Waals surface area contributed by atoms with Crippen molar-refractivity contribution in [2.45, 2.75) is 12.1 Å². The largest absolute Gasteiger partial charge is 0.381 e. The highest BCUT2D eigenvalue weighted by molar-refractivity contribution is 7.99. The second-order valence-electron chi connectivity index (χ2n) is 5.07. The van der Waals surface area contributed by atoms with Gasteiger partial charge in [0, 0.05) is 17.4 Å². The van der Waals surface area contributed by atoms with E-state index >= 15 is 0 Å². The molecule has 3 rings (SSSR count). The highest BCUT2D eigenvalue weighted by Crippen LogP contribution is 2.22. The van der Waals surface area contributed by atoms with Crippen molar-refractivity contribution >= 4 is 34.3 Å². The third kappa shape index (κ3) is 3.64. The molecule has 0 aliphatic carbocycles. The molecule has 3 aromatic rings. The van der Waals surface area contributed by atoms with Crippen molar-refractivity contribution in [1.29, 1.82) is 0 Å². The number of fused-ring (bicyclic) bond motifs is 1. The van der Waals surface area contributed by atoms with Crippen LogP contribution in [-0.2, 0) is 4.74 Å². The summed E-state index contributed by atoms with van der Waals surface area (Å²) in [5.74, 6) is 0.728. The Morgan fingerprint density at radius 3 is 2.67 bits per heavy atom. The zero-order chi connectivity index (χ0) is 16.9. The number of para-hydroxylation sites is 1. The van der Waals surface area contributed by atoms with Gasteiger partial charge in [0.1, 0.15) is 0 Å². The van der Waals surface area contributed by atoms with E-state index in [1.54, 1.807) is 22.8 Å². The Morgan fingerprint density at radius 2 is 1.92 bits per heavy atom. The smallest absolute Gasteiger partial charge is 0.266 e. The quantitative estimate of drug-likeness (QED) is 0.376. The molecule has 1 heterocycles. The molecule has 0 radical (unpaired) electrons. The molecule has 0 saturated carbocycles. The molecule has 0 amide bonds. The van der Waals surface area contributed by atoms with Gasteiger partial charge in [0.2, 0.25) is 0 Å². The van der Waals surface area contributed by atoms with Crippen molar-refractivity contribution in [3.05, 3.63) is 63.9 Å². The van der Waals surface area contributed by atoms with E-state index in [0.29, 0.717) is 34.3 Å². The van der Waals surface area contributed by atoms with Crippen molar-refractivity contribution in [2.75, 3.05) is 19.0 Å². The second-order valence-corrected chi connectivity index (χ2v) is 6.57. The van der Waals surface area contributed by atoms with Gasteiger partial charge in [-0.05, 0) is 43.3 Å². The van der Waals surface area contributed by atoms with Gasteiger partial charge in [-0.1, -0.05) is 35.5 Å². The van der Waals surface area contributed by atoms with Crippen LogP contribution in [-0.4, -0.2) is 28.5 Å². The summed E-state index contributed by atoms with van der Waals surface area (Å²) >= 11 is 7.48. The van der Waals surface area contributed by atoms with Crippen LogP contribution in [0.25, 0.3) is 16.6 Å². The summed E-state index contributed by atoms with van der Waals surface area (Å²) < 4.78 is 7.02. The topological polar surface area (TPSA) is 44.1 Å². The van der Waals surface area contributed by atoms with Gasteiger partial charge in [0.15, 0.2) is 5.16 Å². The number of hydrogen-bond donors (Lipinski definition) is 0. The number of rotatable bonds is 6. The fourth-order valence-corrected chi connectivity index (χ4v) is 3.35. The summed E-state index contributed by atoms with van der Waals surface area (Å²) in [7, 11) is 0. The molecule has 0 N–H and O–H groups in total. The summed E-state index contributed by atoms with van der Waals surface area (Å²) in [5, 5.41) is 1.88. The molecule has 1 aromatic heterocycles. The van der Waals surface area contributed by atoms with Crippen molar-refractivity contribution < 1.29 is 4.74 Å². The van der Waals surface area contributed by atoms with E-state index in [-0.39, 0.29) is 5.56 Å². The van der Waals surface area contributed by atoms with Gasteiger partial charge in [0.05, 0.1) is 23.2 Å². The van der Waals surface area contributed by atoms with E-state index in [2.05, 4.69) is 4.98 Å². The van der Waals surface area contributed by atoms with Crippen molar-refractivity contribution in [3.63, 3.8) is 0 Å². The predicted octanol–water partition coefficient (Wildman–Crippen LogP) is 4.17. The summed E-state index contributed by atoms with van der Waals surface area (Å²) in [6, 6.07) is 14.6. The van der Waals surface area contributed by atoms with E-state index in [9.17, 15) is 4.79 Å². The Kier molecular flexibility index (Phi) is 5.56. The second kappa shape index (κ2) is 7.83. The first kappa shape index (κ1) is 17.0. The van der Waals surface area contributed by atoms with E-state index in [1.807, 2.05) is 37.3 Å². The summed E-state index contributed by atoms with van der Waals surface area (Å²) in [6.45, 7) is 3.25. The number of benzene rings is 2. The highest BCUT2D eigenvalue weighted by Gasteiger charge is 2.13. The van der Waals surface area contributed by atoms with Crippen LogP contribution in [0.15, 0.2) is 58.5 Å². The lowest BCUT2D eigenvalue weighted by molar-refractivity contribution is 0.164. The van der Waals surface area contributed by atoms with Crippen LogP contribution in [0.3, 0.4) is 0 Å². The van der Waals surface area contributed by atoms with Gasteiger partial charge in [-0.15, -0.1) is 0 Å². The molecular formula is C18H17ClN2O2S. The molecule has 0 bridgehead atoms. The Morgan fingerprint density at radius 1 is 1.17 bits per heavy atom. The van der Waals surface area contributed by atoms with E-state index < -0.39 is 0 Å². The molecule has 124 valence electrons. The Bertz CT molecular complexity index is 894. The van der Waals surface area contributed by atoms with Crippen molar-refractivity contribution in [3.8, 4) is 5.69 Å². The lowest BCUT2D eigenvalue weighted by Crippen LogP contribution is -2.22. The first-order valence-electron chi connectivity index (χ1n) is 7.69. The Hall–Kier alpha value is -1.82. The normalized spacial score (nSPS) is 11.1. The molecule has 0 saturated heterocycles. The van der Waals surface area contributed by atoms with Gasteiger partial charge >= 0.3 is 0 Å². The monoisotopic (exact) mass is 360 g/mol. The zero-order valence-corrected chi connectivity index (χ0v) is 14.8. The van der Waals surface area contributed by atoms with Crippen LogP contribution in [0.4, 0.5) is 0 Å². The fourth-order valence-electron chi connectivity index (χ4n) is 2.36. The van der Waals surface area contributed by atoms with Gasteiger partial charge in [0.25, 0.3) is 5.56 Å². The fraction of sp³-hybridized carbons (Fsp3) is 0.222. The van der Waals surface area contributed by atoms with Gasteiger partial charge < -0.3 is 4.74 Å². The molecule has 6 heteroatoms. The molecule has 0 fully saturated rings. The minimum Gasteiger partial charge on any atom is -0.381 e. The number of nitrogens with zero attached hydrogens (tertiary/aromatic N) is 2. The molecule has 0 aliphatic rings. The Labute approximate surface area is 149 Å². The lowest BCUT2D eigenvalue weighted by Gasteiger charge is -2.13. The maximum absolute atomic E-state index is 13.0. The maximum atomic E-state index is 13.0. The van der Waals surface area contributed by atoms with E-state index in [1.165, 1.54) is 11.8 Å². The minimum absolute atomic E-state index is 0.0816. The van der Waals surface area contributed by atoms with Crippen LogP contribution in [0.1, 0.15) is 6.92 Å². The third-order valence-electron chi connectivity index (χ3n) is 3.49. The van der Waals surface area contributed by atoms with Gasteiger partial charge in [-0.3, -0.25) is 9.36 Å². The first-order chi connectivity index (χ1) is 11.7. The number of aromatic nitrogens is 2. The lowest BCUT2D eigenvalue weighted by atomic mass is 10.2. The number of ether oxygens (including phenoxy) is 1. The van der Waals surface area contributed by atoms with Crippen LogP contribution in [0.2, 0.25) is 5.02 Å². The molecular weight excluding hydrogens is 344 g/mol. The van der Waals surface area contributed by atoms with Crippen molar-refractivity contribution in [1.82, 2.24) is 9.55 Å². The van der Waals surface area contributed by atoms with Crippen LogP contribution >= 0.6 is 23.4 Å². The number of halogens is 1. The molecule has 0 spiro atoms.